The lowest BCUT2D eigenvalue weighted by Crippen LogP contribution is -2.38. The van der Waals surface area contributed by atoms with E-state index in [4.69, 9.17) is 18.0 Å². The summed E-state index contributed by atoms with van der Waals surface area (Å²) in [7, 11) is -1.90. The van der Waals surface area contributed by atoms with E-state index in [9.17, 15) is 14.2 Å². The molecule has 188 valence electrons. The number of anilines is 1. The normalized spacial score (nSPS) is 21.6. The maximum absolute atomic E-state index is 12.7. The van der Waals surface area contributed by atoms with Crippen LogP contribution in [0, 0.1) is 6.92 Å². The summed E-state index contributed by atoms with van der Waals surface area (Å²) in [6, 6.07) is 9.66. The third-order valence-electron chi connectivity index (χ3n) is 6.15. The molecule has 1 aromatic carbocycles. The Labute approximate surface area is 208 Å². The van der Waals surface area contributed by atoms with E-state index in [0.29, 0.717) is 18.8 Å². The van der Waals surface area contributed by atoms with Gasteiger partial charge in [-0.15, -0.1) is 0 Å². The van der Waals surface area contributed by atoms with Gasteiger partial charge in [0.2, 0.25) is 11.8 Å². The Morgan fingerprint density at radius 2 is 2.08 bits per heavy atom. The number of rotatable bonds is 7. The lowest BCUT2D eigenvalue weighted by molar-refractivity contribution is -0.125. The van der Waals surface area contributed by atoms with Crippen molar-refractivity contribution in [1.29, 1.82) is 0 Å². The molecule has 2 aromatic heterocycles. The minimum Gasteiger partial charge on any atom is -0.459 e. The van der Waals surface area contributed by atoms with E-state index in [-0.39, 0.29) is 25.0 Å². The molecule has 2 amide bonds. The number of carbonyl (C=O) groups excluding carboxylic acids is 2. The first-order chi connectivity index (χ1) is 17.2. The Morgan fingerprint density at radius 3 is 2.83 bits per heavy atom. The molecule has 4 heterocycles. The Morgan fingerprint density at radius 1 is 1.31 bits per heavy atom. The van der Waals surface area contributed by atoms with Gasteiger partial charge in [0.1, 0.15) is 23.9 Å². The molecule has 1 saturated heterocycles. The molecule has 0 saturated carbocycles. The monoisotopic (exact) mass is 511 g/mol. The smallest absolute Gasteiger partial charge is 0.459 e. The molecule has 0 radical (unpaired) electrons. The molecule has 3 aromatic rings. The molecule has 2 aliphatic rings. The van der Waals surface area contributed by atoms with Crippen LogP contribution in [0.1, 0.15) is 35.8 Å². The Balaban J connectivity index is 1.24. The maximum Gasteiger partial charge on any atom is 0.481 e. The number of fused-ring (bicyclic) bond motifs is 2. The first-order valence-corrected chi connectivity index (χ1v) is 13.0. The van der Waals surface area contributed by atoms with Crippen molar-refractivity contribution < 1.29 is 32.1 Å². The lowest BCUT2D eigenvalue weighted by Gasteiger charge is -2.34. The van der Waals surface area contributed by atoms with Crippen LogP contribution >= 0.6 is 7.82 Å². The van der Waals surface area contributed by atoms with Crippen LogP contribution in [0.2, 0.25) is 0 Å². The van der Waals surface area contributed by atoms with Gasteiger partial charge in [-0.05, 0) is 49.6 Å². The van der Waals surface area contributed by atoms with Crippen molar-refractivity contribution in [2.24, 2.45) is 0 Å². The van der Waals surface area contributed by atoms with Crippen LogP contribution in [-0.2, 0) is 40.7 Å². The van der Waals surface area contributed by atoms with Gasteiger partial charge in [0.05, 0.1) is 6.54 Å². The standard InChI is InChI=1S/C25H26N3O7P/c1-16-20-6-4-5-7-21(20)33-22(16)14-27(3)23(29)10-8-18-12-19-9-11-24(30)28(25(19)26-13-18)15-32-36(31)34-17(2)35-36/h4-8,10,12-13,17H,9,11,14-15H2,1-3H3/b10-8+. The number of pyridine rings is 1. The molecule has 36 heavy (non-hydrogen) atoms. The number of likely N-dealkylation sites (N-methyl/N-ethyl adjacent to an activating group) is 1. The summed E-state index contributed by atoms with van der Waals surface area (Å²) >= 11 is 0. The second kappa shape index (κ2) is 9.63. The van der Waals surface area contributed by atoms with Crippen LogP contribution in [0.3, 0.4) is 0 Å². The van der Waals surface area contributed by atoms with Crippen LogP contribution in [-0.4, -0.2) is 41.8 Å². The Bertz CT molecular complexity index is 1410. The highest BCUT2D eigenvalue weighted by atomic mass is 31.2. The van der Waals surface area contributed by atoms with Gasteiger partial charge in [0, 0.05) is 36.7 Å². The zero-order valence-corrected chi connectivity index (χ0v) is 21.1. The highest BCUT2D eigenvalue weighted by molar-refractivity contribution is 7.49. The fraction of sp³-hybridized carbons (Fsp3) is 0.320. The van der Waals surface area contributed by atoms with Gasteiger partial charge in [0.15, 0.2) is 6.29 Å². The number of para-hydroxylation sites is 1. The number of aromatic nitrogens is 1. The first-order valence-electron chi connectivity index (χ1n) is 11.5. The molecule has 0 N–H and O–H groups in total. The molecular weight excluding hydrogens is 485 g/mol. The van der Waals surface area contributed by atoms with Gasteiger partial charge in [-0.1, -0.05) is 18.2 Å². The van der Waals surface area contributed by atoms with Crippen molar-refractivity contribution in [1.82, 2.24) is 9.88 Å². The summed E-state index contributed by atoms with van der Waals surface area (Å²) in [5.41, 5.74) is 3.36. The quantitative estimate of drug-likeness (QED) is 0.335. The van der Waals surface area contributed by atoms with Gasteiger partial charge in [0.25, 0.3) is 0 Å². The average molecular weight is 511 g/mol. The molecular formula is C25H26N3O7P. The highest BCUT2D eigenvalue weighted by Gasteiger charge is 2.43. The zero-order valence-electron chi connectivity index (χ0n) is 20.2. The minimum atomic E-state index is -3.61. The Hall–Kier alpha value is -3.30. The second-order valence-electron chi connectivity index (χ2n) is 8.73. The number of amides is 2. The molecule has 2 aliphatic heterocycles. The summed E-state index contributed by atoms with van der Waals surface area (Å²) < 4.78 is 33.2. The lowest BCUT2D eigenvalue weighted by atomic mass is 10.0. The molecule has 0 spiro atoms. The van der Waals surface area contributed by atoms with E-state index in [1.807, 2.05) is 37.3 Å². The predicted molar refractivity (Wildman–Crippen MR) is 132 cm³/mol. The molecule has 1 fully saturated rings. The van der Waals surface area contributed by atoms with Gasteiger partial charge >= 0.3 is 7.82 Å². The molecule has 0 atom stereocenters. The van der Waals surface area contributed by atoms with Gasteiger partial charge in [-0.3, -0.25) is 28.1 Å². The van der Waals surface area contributed by atoms with Crippen molar-refractivity contribution in [3.8, 4) is 0 Å². The SMILES string of the molecule is Cc1c(CN(C)C(=O)/C=C/c2cnc3c(c2)CCC(=O)N3COP2(=O)OC(C)O2)oc2ccccc12. The summed E-state index contributed by atoms with van der Waals surface area (Å²) in [4.78, 5) is 32.4. The number of furan rings is 1. The largest absolute Gasteiger partial charge is 0.481 e. The number of hydrogen-bond acceptors (Lipinski definition) is 8. The van der Waals surface area contributed by atoms with Crippen molar-refractivity contribution in [2.75, 3.05) is 18.7 Å². The second-order valence-corrected chi connectivity index (χ2v) is 10.3. The first kappa shape index (κ1) is 24.4. The van der Waals surface area contributed by atoms with Crippen LogP contribution in [0.25, 0.3) is 17.0 Å². The van der Waals surface area contributed by atoms with Crippen molar-refractivity contribution in [3.63, 3.8) is 0 Å². The molecule has 0 unspecified atom stereocenters. The number of aryl methyl sites for hydroxylation is 2. The highest BCUT2D eigenvalue weighted by Crippen LogP contribution is 2.60. The molecule has 0 aliphatic carbocycles. The number of phosphoric acid groups is 1. The van der Waals surface area contributed by atoms with Gasteiger partial charge in [-0.25, -0.2) is 9.55 Å². The summed E-state index contributed by atoms with van der Waals surface area (Å²) in [6.45, 7) is 3.64. The van der Waals surface area contributed by atoms with Crippen LogP contribution in [0.5, 0.6) is 0 Å². The van der Waals surface area contributed by atoms with E-state index in [1.165, 1.54) is 11.0 Å². The summed E-state index contributed by atoms with van der Waals surface area (Å²) in [6.07, 6.45) is 4.89. The number of carbonyl (C=O) groups is 2. The fourth-order valence-electron chi connectivity index (χ4n) is 4.19. The van der Waals surface area contributed by atoms with Gasteiger partial charge in [-0.2, -0.15) is 0 Å². The zero-order chi connectivity index (χ0) is 25.4. The summed E-state index contributed by atoms with van der Waals surface area (Å²) in [5, 5.41) is 1.04. The molecule has 0 bridgehead atoms. The van der Waals surface area contributed by atoms with E-state index < -0.39 is 14.1 Å². The summed E-state index contributed by atoms with van der Waals surface area (Å²) in [5.74, 6) is 0.790. The molecule has 11 heteroatoms. The topological polar surface area (TPSA) is 111 Å². The average Bonchev–Trinajstić information content (AvgIpc) is 3.16. The van der Waals surface area contributed by atoms with Crippen LogP contribution < -0.4 is 4.90 Å². The van der Waals surface area contributed by atoms with Crippen molar-refractivity contribution in [2.45, 2.75) is 39.5 Å². The molecule has 5 rings (SSSR count). The van der Waals surface area contributed by atoms with E-state index in [0.717, 1.165) is 33.4 Å². The fourth-order valence-corrected chi connectivity index (χ4v) is 5.31. The van der Waals surface area contributed by atoms with Crippen LogP contribution in [0.15, 0.2) is 47.0 Å². The minimum absolute atomic E-state index is 0.183. The molecule has 10 nitrogen and oxygen atoms in total. The number of hydrogen-bond donors (Lipinski definition) is 0. The Kier molecular flexibility index (Phi) is 6.53. The van der Waals surface area contributed by atoms with E-state index in [1.54, 1.807) is 31.1 Å². The van der Waals surface area contributed by atoms with Crippen molar-refractivity contribution >= 4 is 42.5 Å². The predicted octanol–water partition coefficient (Wildman–Crippen LogP) is 4.56. The maximum atomic E-state index is 12.7. The van der Waals surface area contributed by atoms with E-state index >= 15 is 0 Å². The number of benzene rings is 1. The van der Waals surface area contributed by atoms with Gasteiger partial charge < -0.3 is 9.32 Å². The third kappa shape index (κ3) is 4.85. The number of nitrogens with zero attached hydrogens (tertiary/aromatic N) is 3. The van der Waals surface area contributed by atoms with Crippen molar-refractivity contribution in [3.05, 3.63) is 65.1 Å². The third-order valence-corrected chi connectivity index (χ3v) is 7.69. The van der Waals surface area contributed by atoms with Crippen LogP contribution in [0.4, 0.5) is 5.82 Å². The number of phosphoric ester groups is 1. The van der Waals surface area contributed by atoms with E-state index in [2.05, 4.69) is 4.98 Å².